The maximum Gasteiger partial charge on any atom is 0.303 e. The fourth-order valence-electron chi connectivity index (χ4n) is 3.23. The summed E-state index contributed by atoms with van der Waals surface area (Å²) in [5.41, 5.74) is 0. The monoisotopic (exact) mass is 368 g/mol. The van der Waals surface area contributed by atoms with Gasteiger partial charge >= 0.3 is 5.97 Å². The summed E-state index contributed by atoms with van der Waals surface area (Å²) in [5, 5.41) is 37.9. The highest BCUT2D eigenvalue weighted by atomic mass is 16.4. The minimum atomic E-state index is -0.815. The first-order valence-corrected chi connectivity index (χ1v) is 9.43. The number of allylic oxidation sites excluding steroid dienone is 2. The SMILES string of the molecule is C[C@@H](O)CCC[C@@H](O)/C=C/[C@H]1[C@H](O)CC(=O)[C@@H]1C/C=C\CCCC(=O)O. The predicted molar refractivity (Wildman–Crippen MR) is 98.5 cm³/mol. The van der Waals surface area contributed by atoms with Gasteiger partial charge in [-0.05, 0) is 45.4 Å². The van der Waals surface area contributed by atoms with E-state index in [2.05, 4.69) is 0 Å². The first-order chi connectivity index (χ1) is 12.3. The Kier molecular flexibility index (Phi) is 10.4. The second-order valence-corrected chi connectivity index (χ2v) is 7.15. The lowest BCUT2D eigenvalue weighted by Crippen LogP contribution is -2.18. The van der Waals surface area contributed by atoms with Gasteiger partial charge in [0.15, 0.2) is 0 Å². The first kappa shape index (κ1) is 22.5. The number of aliphatic hydroxyl groups is 3. The van der Waals surface area contributed by atoms with Crippen LogP contribution < -0.4 is 0 Å². The number of carbonyl (C=O) groups excluding carboxylic acids is 1. The van der Waals surface area contributed by atoms with Crippen molar-refractivity contribution in [3.63, 3.8) is 0 Å². The number of aliphatic hydroxyl groups excluding tert-OH is 3. The molecule has 0 saturated heterocycles. The lowest BCUT2D eigenvalue weighted by Gasteiger charge is -2.16. The summed E-state index contributed by atoms with van der Waals surface area (Å²) in [5.74, 6) is -1.41. The van der Waals surface area contributed by atoms with Crippen molar-refractivity contribution in [1.82, 2.24) is 0 Å². The molecule has 5 atom stereocenters. The van der Waals surface area contributed by atoms with Crippen LogP contribution in [-0.4, -0.2) is 50.5 Å². The van der Waals surface area contributed by atoms with Gasteiger partial charge in [-0.3, -0.25) is 9.59 Å². The van der Waals surface area contributed by atoms with E-state index in [1.54, 1.807) is 19.1 Å². The van der Waals surface area contributed by atoms with Crippen LogP contribution in [0.1, 0.15) is 58.3 Å². The quantitative estimate of drug-likeness (QED) is 0.310. The van der Waals surface area contributed by atoms with E-state index in [1.165, 1.54) is 0 Å². The highest BCUT2D eigenvalue weighted by molar-refractivity contribution is 5.84. The van der Waals surface area contributed by atoms with Crippen LogP contribution in [0.3, 0.4) is 0 Å². The number of Topliss-reactive ketones (excluding diaryl/α,β-unsaturated/α-hetero) is 1. The lowest BCUT2D eigenvalue weighted by atomic mass is 9.90. The van der Waals surface area contributed by atoms with Crippen LogP contribution in [0.5, 0.6) is 0 Å². The average molecular weight is 368 g/mol. The molecule has 6 heteroatoms. The third-order valence-corrected chi connectivity index (χ3v) is 4.73. The molecule has 0 aromatic rings. The first-order valence-electron chi connectivity index (χ1n) is 9.43. The number of rotatable bonds is 12. The van der Waals surface area contributed by atoms with Gasteiger partial charge in [0, 0.05) is 24.7 Å². The molecule has 0 unspecified atom stereocenters. The zero-order valence-corrected chi connectivity index (χ0v) is 15.5. The van der Waals surface area contributed by atoms with Crippen molar-refractivity contribution >= 4 is 11.8 Å². The van der Waals surface area contributed by atoms with Gasteiger partial charge < -0.3 is 20.4 Å². The Hall–Kier alpha value is -1.50. The standard InChI is InChI=1S/C20H32O6/c1-14(21)7-6-8-15(22)11-12-17-16(18(23)13-19(17)24)9-4-2-3-5-10-20(25)26/h2,4,11-12,14-17,19,21-22,24H,3,5-10,13H2,1H3,(H,25,26)/b4-2-,12-11+/t14-,15-,16-,17-,19-/m1/s1. The Labute approximate surface area is 155 Å². The van der Waals surface area contributed by atoms with E-state index in [1.807, 2.05) is 12.2 Å². The third-order valence-electron chi connectivity index (χ3n) is 4.73. The van der Waals surface area contributed by atoms with Gasteiger partial charge in [0.1, 0.15) is 5.78 Å². The van der Waals surface area contributed by atoms with Crippen LogP contribution in [0.2, 0.25) is 0 Å². The van der Waals surface area contributed by atoms with Crippen molar-refractivity contribution in [1.29, 1.82) is 0 Å². The molecule has 0 aromatic carbocycles. The summed E-state index contributed by atoms with van der Waals surface area (Å²) < 4.78 is 0. The van der Waals surface area contributed by atoms with Crippen LogP contribution in [0.15, 0.2) is 24.3 Å². The molecule has 0 heterocycles. The van der Waals surface area contributed by atoms with Gasteiger partial charge in [-0.15, -0.1) is 0 Å². The molecule has 0 aliphatic heterocycles. The number of hydrogen-bond acceptors (Lipinski definition) is 5. The molecular formula is C20H32O6. The predicted octanol–water partition coefficient (Wildman–Crippen LogP) is 2.22. The summed E-state index contributed by atoms with van der Waals surface area (Å²) in [4.78, 5) is 22.6. The van der Waals surface area contributed by atoms with Crippen molar-refractivity contribution in [2.45, 2.75) is 76.6 Å². The number of hydrogen-bond donors (Lipinski definition) is 4. The van der Waals surface area contributed by atoms with Crippen LogP contribution >= 0.6 is 0 Å². The summed E-state index contributed by atoms with van der Waals surface area (Å²) in [6.45, 7) is 1.71. The van der Waals surface area contributed by atoms with Crippen LogP contribution in [0.4, 0.5) is 0 Å². The molecule has 0 aromatic heterocycles. The van der Waals surface area contributed by atoms with Crippen LogP contribution in [0, 0.1) is 11.8 Å². The summed E-state index contributed by atoms with van der Waals surface area (Å²) >= 11 is 0. The van der Waals surface area contributed by atoms with E-state index >= 15 is 0 Å². The fraction of sp³-hybridized carbons (Fsp3) is 0.700. The van der Waals surface area contributed by atoms with Crippen molar-refractivity contribution < 1.29 is 30.0 Å². The molecule has 1 aliphatic rings. The molecule has 0 amide bonds. The fourth-order valence-corrected chi connectivity index (χ4v) is 3.23. The minimum Gasteiger partial charge on any atom is -0.481 e. The molecule has 1 saturated carbocycles. The zero-order chi connectivity index (χ0) is 19.5. The van der Waals surface area contributed by atoms with E-state index in [-0.39, 0.29) is 36.6 Å². The smallest absolute Gasteiger partial charge is 0.303 e. The van der Waals surface area contributed by atoms with Gasteiger partial charge in [-0.2, -0.15) is 0 Å². The number of carboxylic acids is 1. The molecule has 6 nitrogen and oxygen atoms in total. The largest absolute Gasteiger partial charge is 0.481 e. The topological polar surface area (TPSA) is 115 Å². The van der Waals surface area contributed by atoms with Crippen molar-refractivity contribution in [3.8, 4) is 0 Å². The Bertz CT molecular complexity index is 497. The van der Waals surface area contributed by atoms with Crippen molar-refractivity contribution in [2.24, 2.45) is 11.8 Å². The second kappa shape index (κ2) is 12.0. The molecular weight excluding hydrogens is 336 g/mol. The Morgan fingerprint density at radius 2 is 1.96 bits per heavy atom. The number of aliphatic carboxylic acids is 1. The van der Waals surface area contributed by atoms with Gasteiger partial charge in [-0.1, -0.05) is 24.3 Å². The lowest BCUT2D eigenvalue weighted by molar-refractivity contribution is -0.137. The van der Waals surface area contributed by atoms with Crippen molar-refractivity contribution in [3.05, 3.63) is 24.3 Å². The summed E-state index contributed by atoms with van der Waals surface area (Å²) in [6, 6.07) is 0. The van der Waals surface area contributed by atoms with E-state index in [0.717, 1.165) is 0 Å². The molecule has 0 spiro atoms. The maximum absolute atomic E-state index is 12.1. The summed E-state index contributed by atoms with van der Waals surface area (Å²) in [7, 11) is 0. The van der Waals surface area contributed by atoms with Crippen molar-refractivity contribution in [2.75, 3.05) is 0 Å². The zero-order valence-electron chi connectivity index (χ0n) is 15.5. The second-order valence-electron chi connectivity index (χ2n) is 7.15. The molecule has 26 heavy (non-hydrogen) atoms. The third kappa shape index (κ3) is 8.74. The summed E-state index contributed by atoms with van der Waals surface area (Å²) in [6.07, 6.45) is 9.23. The van der Waals surface area contributed by atoms with Gasteiger partial charge in [0.05, 0.1) is 18.3 Å². The number of ketones is 1. The number of carboxylic acid groups (broad SMARTS) is 1. The molecule has 1 rings (SSSR count). The highest BCUT2D eigenvalue weighted by Crippen LogP contribution is 2.33. The number of unbranched alkanes of at least 4 members (excludes halogenated alkanes) is 1. The van der Waals surface area contributed by atoms with E-state index in [0.29, 0.717) is 38.5 Å². The molecule has 0 bridgehead atoms. The van der Waals surface area contributed by atoms with Gasteiger partial charge in [-0.25, -0.2) is 0 Å². The number of carbonyl (C=O) groups is 2. The van der Waals surface area contributed by atoms with Gasteiger partial charge in [0.2, 0.25) is 0 Å². The van der Waals surface area contributed by atoms with E-state index in [9.17, 15) is 24.9 Å². The van der Waals surface area contributed by atoms with Crippen LogP contribution in [0.25, 0.3) is 0 Å². The Morgan fingerprint density at radius 3 is 2.62 bits per heavy atom. The normalized spacial score (nSPS) is 26.0. The van der Waals surface area contributed by atoms with E-state index in [4.69, 9.17) is 5.11 Å². The van der Waals surface area contributed by atoms with E-state index < -0.39 is 18.2 Å². The molecule has 0 radical (unpaired) electrons. The Balaban J connectivity index is 2.47. The minimum absolute atomic E-state index is 0.0194. The molecule has 148 valence electrons. The molecule has 1 aliphatic carbocycles. The van der Waals surface area contributed by atoms with Crippen LogP contribution in [-0.2, 0) is 9.59 Å². The average Bonchev–Trinajstić information content (AvgIpc) is 2.81. The van der Waals surface area contributed by atoms with Gasteiger partial charge in [0.25, 0.3) is 0 Å². The Morgan fingerprint density at radius 1 is 1.23 bits per heavy atom. The maximum atomic E-state index is 12.1. The highest BCUT2D eigenvalue weighted by Gasteiger charge is 2.39. The molecule has 4 N–H and O–H groups in total. The molecule has 1 fully saturated rings.